The molecule has 0 saturated heterocycles. The highest BCUT2D eigenvalue weighted by molar-refractivity contribution is 5.75. The molecule has 7 aromatic rings. The fraction of sp³-hybridized carbons (Fsp3) is 0.167. The van der Waals surface area contributed by atoms with Gasteiger partial charge < -0.3 is 13.6 Å². The van der Waals surface area contributed by atoms with Crippen molar-refractivity contribution in [1.29, 1.82) is 0 Å². The number of benzene rings is 4. The molecule has 0 aliphatic carbocycles. The van der Waals surface area contributed by atoms with Crippen molar-refractivity contribution in [2.45, 2.75) is 41.5 Å². The van der Waals surface area contributed by atoms with E-state index in [4.69, 9.17) is 13.6 Å². The van der Waals surface area contributed by atoms with E-state index in [-0.39, 0.29) is 0 Å². The number of rotatable bonds is 6. The van der Waals surface area contributed by atoms with Crippen LogP contribution < -0.4 is 0 Å². The molecule has 7 rings (SSSR count). The van der Waals surface area contributed by atoms with Crippen molar-refractivity contribution < 1.29 is 13.6 Å². The quantitative estimate of drug-likeness (QED) is 0.184. The maximum atomic E-state index is 5.64. The number of hydrogen-bond donors (Lipinski definition) is 0. The van der Waals surface area contributed by atoms with Gasteiger partial charge in [0.25, 0.3) is 17.7 Å². The summed E-state index contributed by atoms with van der Waals surface area (Å²) in [7, 11) is 0. The third-order valence-electron chi connectivity index (χ3n) is 6.05. The van der Waals surface area contributed by atoms with Gasteiger partial charge in [0.05, 0.1) is 0 Å². The molecule has 0 atom stereocenters. The third kappa shape index (κ3) is 7.64. The summed E-state index contributed by atoms with van der Waals surface area (Å²) in [6, 6.07) is 34.4. The van der Waals surface area contributed by atoms with Crippen molar-refractivity contribution in [1.82, 2.24) is 30.4 Å². The zero-order valence-corrected chi connectivity index (χ0v) is 26.3. The molecule has 9 nitrogen and oxygen atoms in total. The van der Waals surface area contributed by atoms with Gasteiger partial charge in [-0.3, -0.25) is 0 Å². The average Bonchev–Trinajstić information content (AvgIpc) is 3.94. The maximum absolute atomic E-state index is 5.64. The highest BCUT2D eigenvalue weighted by atomic mass is 16.5. The van der Waals surface area contributed by atoms with Crippen LogP contribution in [0.2, 0.25) is 0 Å². The van der Waals surface area contributed by atoms with E-state index >= 15 is 0 Å². The van der Waals surface area contributed by atoms with E-state index in [0.717, 1.165) is 16.7 Å². The molecule has 9 heteroatoms. The minimum absolute atomic E-state index is 0.322. The Bertz CT molecular complexity index is 1630. The number of hydrogen-bond acceptors (Lipinski definition) is 9. The minimum atomic E-state index is 0.322. The van der Waals surface area contributed by atoms with E-state index in [2.05, 4.69) is 30.4 Å². The molecule has 0 saturated carbocycles. The predicted octanol–water partition coefficient (Wildman–Crippen LogP) is 9.92. The lowest BCUT2D eigenvalue weighted by Gasteiger charge is -2.02. The lowest BCUT2D eigenvalue weighted by atomic mass is 10.0. The largest absolute Gasteiger partial charge is 0.334 e. The van der Waals surface area contributed by atoms with E-state index in [1.807, 2.05) is 151 Å². The summed E-state index contributed by atoms with van der Waals surface area (Å²) < 4.78 is 16.9. The second-order valence-electron chi connectivity index (χ2n) is 8.67. The summed E-state index contributed by atoms with van der Waals surface area (Å²) in [6.45, 7) is 12.0. The summed E-state index contributed by atoms with van der Waals surface area (Å²) in [6.07, 6.45) is 0. The zero-order valence-electron chi connectivity index (χ0n) is 26.3. The maximum Gasteiger partial charge on any atom is 0.258 e. The molecule has 228 valence electrons. The molecule has 0 unspecified atom stereocenters. The van der Waals surface area contributed by atoms with Gasteiger partial charge in [-0.2, -0.15) is 15.0 Å². The molecule has 0 amide bonds. The van der Waals surface area contributed by atoms with Gasteiger partial charge in [-0.25, -0.2) is 0 Å². The van der Waals surface area contributed by atoms with Gasteiger partial charge in [-0.05, 0) is 18.2 Å². The zero-order chi connectivity index (χ0) is 32.0. The Morgan fingerprint density at radius 1 is 0.333 bits per heavy atom. The van der Waals surface area contributed by atoms with Gasteiger partial charge in [0.15, 0.2) is 0 Å². The molecule has 4 aromatic carbocycles. The Morgan fingerprint density at radius 3 is 0.822 bits per heavy atom. The Morgan fingerprint density at radius 2 is 0.578 bits per heavy atom. The van der Waals surface area contributed by atoms with Crippen LogP contribution in [0, 0.1) is 0 Å². The highest BCUT2D eigenvalue weighted by Crippen LogP contribution is 2.33. The normalized spacial score (nSPS) is 10.0. The van der Waals surface area contributed by atoms with E-state index in [1.54, 1.807) is 0 Å². The highest BCUT2D eigenvalue weighted by Gasteiger charge is 2.19. The van der Waals surface area contributed by atoms with Crippen molar-refractivity contribution in [3.63, 3.8) is 0 Å². The average molecular weight is 601 g/mol. The summed E-state index contributed by atoms with van der Waals surface area (Å²) in [4.78, 5) is 13.8. The van der Waals surface area contributed by atoms with Gasteiger partial charge >= 0.3 is 0 Å². The fourth-order valence-electron chi connectivity index (χ4n) is 4.13. The molecule has 45 heavy (non-hydrogen) atoms. The van der Waals surface area contributed by atoms with Gasteiger partial charge in [0.1, 0.15) is 0 Å². The Labute approximate surface area is 263 Å². The smallest absolute Gasteiger partial charge is 0.258 e. The third-order valence-corrected chi connectivity index (χ3v) is 6.05. The lowest BCUT2D eigenvalue weighted by Crippen LogP contribution is -1.88. The van der Waals surface area contributed by atoms with E-state index in [0.29, 0.717) is 51.8 Å². The summed E-state index contributed by atoms with van der Waals surface area (Å²) >= 11 is 0. The second-order valence-corrected chi connectivity index (χ2v) is 8.67. The van der Waals surface area contributed by atoms with Gasteiger partial charge in [0.2, 0.25) is 17.5 Å². The molecule has 3 aromatic heterocycles. The first kappa shape index (κ1) is 32.2. The Kier molecular flexibility index (Phi) is 11.6. The topological polar surface area (TPSA) is 117 Å². The molecule has 0 fully saturated rings. The first-order chi connectivity index (χ1) is 22.3. The second kappa shape index (κ2) is 16.2. The van der Waals surface area contributed by atoms with Crippen LogP contribution in [-0.4, -0.2) is 30.4 Å². The number of nitrogens with zero attached hydrogens (tertiary/aromatic N) is 6. The SMILES string of the molecule is CC.CC.CC.c1ccc(-c2noc(-c3cc(-c4nc(-c5ccccc5)no4)cc(-c4nc(-c5ccccc5)no4)c3)n2)cc1. The van der Waals surface area contributed by atoms with Crippen LogP contribution in [0.15, 0.2) is 123 Å². The van der Waals surface area contributed by atoms with E-state index in [1.165, 1.54) is 0 Å². The van der Waals surface area contributed by atoms with Gasteiger partial charge in [0, 0.05) is 33.4 Å². The van der Waals surface area contributed by atoms with Crippen LogP contribution in [0.5, 0.6) is 0 Å². The lowest BCUT2D eigenvalue weighted by molar-refractivity contribution is 0.429. The van der Waals surface area contributed by atoms with Crippen molar-refractivity contribution in [3.05, 3.63) is 109 Å². The van der Waals surface area contributed by atoms with Crippen LogP contribution in [0.25, 0.3) is 68.5 Å². The van der Waals surface area contributed by atoms with Gasteiger partial charge in [-0.1, -0.05) is 148 Å². The summed E-state index contributed by atoms with van der Waals surface area (Å²) in [5.41, 5.74) is 4.44. The molecule has 0 bridgehead atoms. The van der Waals surface area contributed by atoms with Crippen LogP contribution in [0.4, 0.5) is 0 Å². The Balaban J connectivity index is 0.000000727. The molecule has 3 heterocycles. The van der Waals surface area contributed by atoms with Crippen molar-refractivity contribution in [2.75, 3.05) is 0 Å². The van der Waals surface area contributed by atoms with Crippen LogP contribution in [0.3, 0.4) is 0 Å². The molecule has 0 radical (unpaired) electrons. The molecule has 0 aliphatic heterocycles. The summed E-state index contributed by atoms with van der Waals surface area (Å²) in [5, 5.41) is 12.5. The minimum Gasteiger partial charge on any atom is -0.334 e. The Hall–Kier alpha value is -5.70. The summed E-state index contributed by atoms with van der Waals surface area (Å²) in [5.74, 6) is 2.40. The number of aromatic nitrogens is 6. The van der Waals surface area contributed by atoms with Crippen molar-refractivity contribution in [2.24, 2.45) is 0 Å². The molecule has 0 aliphatic rings. The monoisotopic (exact) mass is 600 g/mol. The van der Waals surface area contributed by atoms with Gasteiger partial charge in [-0.15, -0.1) is 0 Å². The van der Waals surface area contributed by atoms with Crippen LogP contribution >= 0.6 is 0 Å². The molecular weight excluding hydrogens is 564 g/mol. The molecule has 0 N–H and O–H groups in total. The predicted molar refractivity (Wildman–Crippen MR) is 177 cm³/mol. The first-order valence-corrected chi connectivity index (χ1v) is 15.1. The van der Waals surface area contributed by atoms with Crippen LogP contribution in [0.1, 0.15) is 41.5 Å². The van der Waals surface area contributed by atoms with Crippen molar-refractivity contribution in [3.8, 4) is 68.5 Å². The standard InChI is InChI=1S/C30H18N6O3.3C2H6/c1-4-10-19(11-5-1)25-31-28(37-34-25)22-16-23(29-32-26(35-38-29)20-12-6-2-7-13-20)18-24(17-22)30-33-27(36-39-30)21-14-8-3-9-15-21;3*1-2/h1-18H;3*1-2H3. The fourth-order valence-corrected chi connectivity index (χ4v) is 4.13. The molecule has 0 spiro atoms. The van der Waals surface area contributed by atoms with E-state index < -0.39 is 0 Å². The van der Waals surface area contributed by atoms with Crippen LogP contribution in [-0.2, 0) is 0 Å². The van der Waals surface area contributed by atoms with Crippen molar-refractivity contribution >= 4 is 0 Å². The molecular formula is C36H36N6O3. The first-order valence-electron chi connectivity index (χ1n) is 15.1. The van der Waals surface area contributed by atoms with E-state index in [9.17, 15) is 0 Å².